The molecular formula is C15H20ClN3. The Balaban J connectivity index is 1.93. The van der Waals surface area contributed by atoms with Crippen LogP contribution in [0.3, 0.4) is 0 Å². The highest BCUT2D eigenvalue weighted by Crippen LogP contribution is 2.32. The van der Waals surface area contributed by atoms with Gasteiger partial charge in [0.05, 0.1) is 0 Å². The minimum atomic E-state index is 0.615. The quantitative estimate of drug-likeness (QED) is 0.799. The van der Waals surface area contributed by atoms with Crippen molar-refractivity contribution < 1.29 is 0 Å². The summed E-state index contributed by atoms with van der Waals surface area (Å²) in [6, 6.07) is 3.98. The van der Waals surface area contributed by atoms with Gasteiger partial charge in [-0.05, 0) is 36.8 Å². The third-order valence-corrected chi connectivity index (χ3v) is 4.33. The van der Waals surface area contributed by atoms with Gasteiger partial charge in [0.15, 0.2) is 5.65 Å². The van der Waals surface area contributed by atoms with Gasteiger partial charge in [-0.3, -0.25) is 0 Å². The lowest BCUT2D eigenvalue weighted by atomic mass is 10.1. The third-order valence-electron chi connectivity index (χ3n) is 4.15. The van der Waals surface area contributed by atoms with Crippen molar-refractivity contribution in [2.24, 2.45) is 11.8 Å². The van der Waals surface area contributed by atoms with Crippen molar-refractivity contribution >= 4 is 22.8 Å². The molecule has 2 unspecified atom stereocenters. The average molecular weight is 278 g/mol. The first-order chi connectivity index (χ1) is 9.28. The van der Waals surface area contributed by atoms with E-state index in [4.69, 9.17) is 11.6 Å². The van der Waals surface area contributed by atoms with Gasteiger partial charge in [0.25, 0.3) is 0 Å². The molecule has 1 saturated carbocycles. The summed E-state index contributed by atoms with van der Waals surface area (Å²) in [6.07, 6.45) is 6.68. The van der Waals surface area contributed by atoms with Crippen molar-refractivity contribution in [1.29, 1.82) is 0 Å². The first-order valence-electron chi connectivity index (χ1n) is 7.14. The predicted octanol–water partition coefficient (Wildman–Crippen LogP) is 3.65. The molecule has 2 aromatic rings. The van der Waals surface area contributed by atoms with Crippen LogP contribution in [-0.2, 0) is 13.0 Å². The molecule has 2 atom stereocenters. The van der Waals surface area contributed by atoms with E-state index in [1.165, 1.54) is 19.3 Å². The van der Waals surface area contributed by atoms with Crippen molar-refractivity contribution in [3.05, 3.63) is 24.2 Å². The van der Waals surface area contributed by atoms with Crippen molar-refractivity contribution in [3.63, 3.8) is 0 Å². The van der Waals surface area contributed by atoms with Crippen LogP contribution in [0.15, 0.2) is 18.3 Å². The van der Waals surface area contributed by atoms with E-state index in [-0.39, 0.29) is 0 Å². The second kappa shape index (κ2) is 5.49. The van der Waals surface area contributed by atoms with Crippen molar-refractivity contribution in [3.8, 4) is 0 Å². The van der Waals surface area contributed by atoms with Gasteiger partial charge in [0.2, 0.25) is 0 Å². The van der Waals surface area contributed by atoms with Gasteiger partial charge in [0, 0.05) is 25.0 Å². The number of aromatic nitrogens is 3. The number of halogens is 1. The second-order valence-electron chi connectivity index (χ2n) is 5.71. The molecule has 102 valence electrons. The van der Waals surface area contributed by atoms with E-state index in [2.05, 4.69) is 21.5 Å². The topological polar surface area (TPSA) is 30.7 Å². The number of imidazole rings is 1. The van der Waals surface area contributed by atoms with Crippen LogP contribution in [0.1, 0.15) is 32.0 Å². The number of aryl methyl sites for hydroxylation is 1. The van der Waals surface area contributed by atoms with Crippen LogP contribution < -0.4 is 0 Å². The molecule has 3 rings (SSSR count). The Morgan fingerprint density at radius 1 is 1.42 bits per heavy atom. The van der Waals surface area contributed by atoms with Gasteiger partial charge >= 0.3 is 0 Å². The second-order valence-corrected chi connectivity index (χ2v) is 6.09. The van der Waals surface area contributed by atoms with Crippen LogP contribution in [0.25, 0.3) is 11.2 Å². The molecule has 0 aromatic carbocycles. The van der Waals surface area contributed by atoms with Gasteiger partial charge in [-0.25, -0.2) is 9.97 Å². The van der Waals surface area contributed by atoms with E-state index >= 15 is 0 Å². The van der Waals surface area contributed by atoms with E-state index in [9.17, 15) is 0 Å². The van der Waals surface area contributed by atoms with Gasteiger partial charge in [-0.2, -0.15) is 0 Å². The fraction of sp³-hybridized carbons (Fsp3) is 0.600. The smallest absolute Gasteiger partial charge is 0.159 e. The molecule has 3 nitrogen and oxygen atoms in total. The number of fused-ring (bicyclic) bond motifs is 1. The molecule has 1 fully saturated rings. The molecule has 2 aromatic heterocycles. The lowest BCUT2D eigenvalue weighted by Crippen LogP contribution is -2.12. The van der Waals surface area contributed by atoms with Crippen LogP contribution in [0, 0.1) is 11.8 Å². The zero-order valence-electron chi connectivity index (χ0n) is 11.3. The van der Waals surface area contributed by atoms with E-state index < -0.39 is 0 Å². The van der Waals surface area contributed by atoms with Gasteiger partial charge < -0.3 is 4.57 Å². The van der Waals surface area contributed by atoms with Gasteiger partial charge in [-0.1, -0.05) is 13.3 Å². The van der Waals surface area contributed by atoms with Crippen LogP contribution >= 0.6 is 11.6 Å². The molecule has 19 heavy (non-hydrogen) atoms. The Morgan fingerprint density at radius 2 is 2.32 bits per heavy atom. The summed E-state index contributed by atoms with van der Waals surface area (Å²) in [5.74, 6) is 3.33. The lowest BCUT2D eigenvalue weighted by molar-refractivity contribution is 0.438. The monoisotopic (exact) mass is 277 g/mol. The number of pyridine rings is 1. The van der Waals surface area contributed by atoms with Crippen LogP contribution in [-0.4, -0.2) is 20.4 Å². The molecule has 0 bridgehead atoms. The molecule has 0 amide bonds. The zero-order chi connectivity index (χ0) is 13.2. The van der Waals surface area contributed by atoms with E-state index in [1.54, 1.807) is 0 Å². The minimum absolute atomic E-state index is 0.615. The first-order valence-corrected chi connectivity index (χ1v) is 7.67. The maximum atomic E-state index is 5.90. The van der Waals surface area contributed by atoms with E-state index in [1.807, 2.05) is 18.3 Å². The highest BCUT2D eigenvalue weighted by Gasteiger charge is 2.23. The first kappa shape index (κ1) is 12.9. The van der Waals surface area contributed by atoms with Crippen LogP contribution in [0.5, 0.6) is 0 Å². The number of alkyl halides is 1. The van der Waals surface area contributed by atoms with Gasteiger partial charge in [0.1, 0.15) is 11.3 Å². The normalized spacial score (nSPS) is 23.3. The van der Waals surface area contributed by atoms with Gasteiger partial charge in [-0.15, -0.1) is 11.6 Å². The summed E-state index contributed by atoms with van der Waals surface area (Å²) in [5.41, 5.74) is 2.01. The largest absolute Gasteiger partial charge is 0.312 e. The fourth-order valence-corrected chi connectivity index (χ4v) is 3.39. The number of hydrogen-bond donors (Lipinski definition) is 0. The Kier molecular flexibility index (Phi) is 3.74. The Bertz CT molecular complexity index is 564. The summed E-state index contributed by atoms with van der Waals surface area (Å²) in [4.78, 5) is 9.18. The fourth-order valence-electron chi connectivity index (χ4n) is 3.22. The molecule has 1 aliphatic carbocycles. The lowest BCUT2D eigenvalue weighted by Gasteiger charge is -2.13. The van der Waals surface area contributed by atoms with Crippen molar-refractivity contribution in [2.45, 2.75) is 39.2 Å². The SMILES string of the molecule is CC1CCC(Cn2c(CCCl)nc3cccnc32)C1. The molecular weight excluding hydrogens is 258 g/mol. The Hall–Kier alpha value is -1.09. The predicted molar refractivity (Wildman–Crippen MR) is 78.5 cm³/mol. The Morgan fingerprint density at radius 3 is 3.05 bits per heavy atom. The standard InChI is InChI=1S/C15H20ClN3/c1-11-4-5-12(9-11)10-19-14(6-7-16)18-13-3-2-8-17-15(13)19/h2-3,8,11-12H,4-7,9-10H2,1H3. The maximum Gasteiger partial charge on any atom is 0.159 e. The number of hydrogen-bond acceptors (Lipinski definition) is 2. The molecule has 4 heteroatoms. The summed E-state index contributed by atoms with van der Waals surface area (Å²) >= 11 is 5.90. The highest BCUT2D eigenvalue weighted by molar-refractivity contribution is 6.17. The summed E-state index contributed by atoms with van der Waals surface area (Å²) in [6.45, 7) is 3.40. The van der Waals surface area contributed by atoms with E-state index in [0.29, 0.717) is 5.88 Å². The summed E-state index contributed by atoms with van der Waals surface area (Å²) < 4.78 is 2.29. The zero-order valence-corrected chi connectivity index (χ0v) is 12.1. The third kappa shape index (κ3) is 2.62. The van der Waals surface area contributed by atoms with Crippen molar-refractivity contribution in [1.82, 2.24) is 14.5 Å². The minimum Gasteiger partial charge on any atom is -0.312 e. The molecule has 0 aliphatic heterocycles. The molecule has 0 saturated heterocycles. The summed E-state index contributed by atoms with van der Waals surface area (Å²) in [7, 11) is 0. The van der Waals surface area contributed by atoms with Crippen LogP contribution in [0.2, 0.25) is 0 Å². The molecule has 1 aliphatic rings. The maximum absolute atomic E-state index is 5.90. The molecule has 0 spiro atoms. The van der Waals surface area contributed by atoms with Crippen LogP contribution in [0.4, 0.5) is 0 Å². The highest BCUT2D eigenvalue weighted by atomic mass is 35.5. The number of nitrogens with zero attached hydrogens (tertiary/aromatic N) is 3. The average Bonchev–Trinajstić information content (AvgIpc) is 2.96. The summed E-state index contributed by atoms with van der Waals surface area (Å²) in [5, 5.41) is 0. The molecule has 0 radical (unpaired) electrons. The number of rotatable bonds is 4. The van der Waals surface area contributed by atoms with E-state index in [0.717, 1.165) is 41.8 Å². The molecule has 0 N–H and O–H groups in total. The molecule has 2 heterocycles. The Labute approximate surface area is 119 Å². The van der Waals surface area contributed by atoms with Crippen molar-refractivity contribution in [2.75, 3.05) is 5.88 Å².